The molecule has 3 rings (SSSR count). The van der Waals surface area contributed by atoms with Crippen LogP contribution in [0.1, 0.15) is 36.7 Å². The molecule has 9 heteroatoms. The molecule has 0 saturated carbocycles. The van der Waals surface area contributed by atoms with Gasteiger partial charge in [-0.25, -0.2) is 5.43 Å². The number of aryl methyl sites for hydroxylation is 1. The number of furan rings is 1. The Hall–Kier alpha value is -3.65. The first-order chi connectivity index (χ1) is 15.2. The van der Waals surface area contributed by atoms with Gasteiger partial charge in [0, 0.05) is 17.7 Å². The summed E-state index contributed by atoms with van der Waals surface area (Å²) in [6.45, 7) is 5.90. The zero-order valence-electron chi connectivity index (χ0n) is 17.8. The van der Waals surface area contributed by atoms with Gasteiger partial charge in [-0.05, 0) is 48.2 Å². The Morgan fingerprint density at radius 1 is 1.25 bits per heavy atom. The molecule has 3 aromatic rings. The molecule has 0 radical (unpaired) electrons. The number of nitrogens with zero attached hydrogens (tertiary/aromatic N) is 2. The lowest BCUT2D eigenvalue weighted by molar-refractivity contribution is -0.384. The lowest BCUT2D eigenvalue weighted by Gasteiger charge is -2.14. The Balaban J connectivity index is 1.58. The summed E-state index contributed by atoms with van der Waals surface area (Å²) in [6, 6.07) is 13.3. The average molecular weight is 456 g/mol. The van der Waals surface area contributed by atoms with Crippen molar-refractivity contribution in [2.45, 2.75) is 26.7 Å². The number of nitrogens with one attached hydrogen (secondary N) is 1. The molecular formula is C23H22ClN3O5. The van der Waals surface area contributed by atoms with E-state index >= 15 is 0 Å². The third-order valence-electron chi connectivity index (χ3n) is 4.59. The van der Waals surface area contributed by atoms with Crippen LogP contribution in [0.4, 0.5) is 5.69 Å². The van der Waals surface area contributed by atoms with Gasteiger partial charge < -0.3 is 9.15 Å². The van der Waals surface area contributed by atoms with Gasteiger partial charge in [-0.2, -0.15) is 5.10 Å². The quantitative estimate of drug-likeness (QED) is 0.275. The Labute approximate surface area is 190 Å². The van der Waals surface area contributed by atoms with Gasteiger partial charge in [-0.3, -0.25) is 14.9 Å². The third-order valence-corrected chi connectivity index (χ3v) is 4.90. The highest BCUT2D eigenvalue weighted by Gasteiger charge is 2.13. The van der Waals surface area contributed by atoms with Crippen LogP contribution >= 0.6 is 11.6 Å². The zero-order valence-corrected chi connectivity index (χ0v) is 18.6. The number of carbonyl (C=O) groups excluding carboxylic acids is 1. The Kier molecular flexibility index (Phi) is 7.27. The van der Waals surface area contributed by atoms with Crippen molar-refractivity contribution in [3.8, 4) is 17.1 Å². The van der Waals surface area contributed by atoms with Crippen LogP contribution in [-0.4, -0.2) is 23.7 Å². The van der Waals surface area contributed by atoms with E-state index in [0.717, 1.165) is 11.1 Å². The standard InChI is InChI=1S/C23H22ClN3O5/c1-14(2)18-7-4-15(3)10-22(18)31-13-23(28)26-25-12-17-6-9-21(32-17)19-8-5-16(27(29)30)11-20(19)24/h4-12,14H,13H2,1-3H3,(H,26,28). The maximum Gasteiger partial charge on any atom is 0.277 e. The van der Waals surface area contributed by atoms with Crippen LogP contribution in [0.5, 0.6) is 5.75 Å². The van der Waals surface area contributed by atoms with Gasteiger partial charge in [-0.1, -0.05) is 37.6 Å². The molecule has 2 aromatic carbocycles. The molecule has 166 valence electrons. The summed E-state index contributed by atoms with van der Waals surface area (Å²) >= 11 is 6.12. The molecule has 1 heterocycles. The molecule has 1 N–H and O–H groups in total. The molecule has 0 aliphatic rings. The minimum atomic E-state index is -0.523. The molecule has 32 heavy (non-hydrogen) atoms. The van der Waals surface area contributed by atoms with Crippen molar-refractivity contribution in [3.63, 3.8) is 0 Å². The van der Waals surface area contributed by atoms with E-state index in [1.807, 2.05) is 25.1 Å². The average Bonchev–Trinajstić information content (AvgIpc) is 3.20. The van der Waals surface area contributed by atoms with Crippen LogP contribution in [0.3, 0.4) is 0 Å². The van der Waals surface area contributed by atoms with E-state index in [1.54, 1.807) is 12.1 Å². The highest BCUT2D eigenvalue weighted by Crippen LogP contribution is 2.32. The fourth-order valence-corrected chi connectivity index (χ4v) is 3.24. The second-order valence-corrected chi connectivity index (χ2v) is 7.81. The smallest absolute Gasteiger partial charge is 0.277 e. The van der Waals surface area contributed by atoms with Crippen LogP contribution < -0.4 is 10.2 Å². The number of ether oxygens (including phenoxy) is 1. The van der Waals surface area contributed by atoms with Crippen molar-refractivity contribution < 1.29 is 18.9 Å². The molecule has 8 nitrogen and oxygen atoms in total. The summed E-state index contributed by atoms with van der Waals surface area (Å²) in [5.74, 6) is 1.32. The fraction of sp³-hybridized carbons (Fsp3) is 0.217. The lowest BCUT2D eigenvalue weighted by atomic mass is 10.0. The molecule has 0 aliphatic carbocycles. The predicted octanol–water partition coefficient (Wildman–Crippen LogP) is 5.47. The Bertz CT molecular complexity index is 1170. The largest absolute Gasteiger partial charge is 0.483 e. The number of nitro groups is 1. The number of non-ortho nitro benzene ring substituents is 1. The molecule has 1 aromatic heterocycles. The first kappa shape index (κ1) is 23.0. The Morgan fingerprint density at radius 3 is 2.72 bits per heavy atom. The minimum Gasteiger partial charge on any atom is -0.483 e. The van der Waals surface area contributed by atoms with Gasteiger partial charge in [0.05, 0.1) is 16.2 Å². The molecule has 0 spiro atoms. The SMILES string of the molecule is Cc1ccc(C(C)C)c(OCC(=O)NN=Cc2ccc(-c3ccc([N+](=O)[O-])cc3Cl)o2)c1. The molecule has 0 fully saturated rings. The maximum absolute atomic E-state index is 12.1. The second-order valence-electron chi connectivity index (χ2n) is 7.40. The highest BCUT2D eigenvalue weighted by molar-refractivity contribution is 6.33. The van der Waals surface area contributed by atoms with E-state index in [0.29, 0.717) is 22.8 Å². The van der Waals surface area contributed by atoms with Crippen molar-refractivity contribution >= 4 is 29.4 Å². The molecule has 0 atom stereocenters. The molecule has 0 aliphatic heterocycles. The number of hydrazone groups is 1. The van der Waals surface area contributed by atoms with Gasteiger partial charge >= 0.3 is 0 Å². The van der Waals surface area contributed by atoms with E-state index in [9.17, 15) is 14.9 Å². The summed E-state index contributed by atoms with van der Waals surface area (Å²) in [4.78, 5) is 22.4. The van der Waals surface area contributed by atoms with Crippen LogP contribution in [0.15, 0.2) is 58.0 Å². The van der Waals surface area contributed by atoms with Crippen LogP contribution in [0, 0.1) is 17.0 Å². The first-order valence-electron chi connectivity index (χ1n) is 9.84. The van der Waals surface area contributed by atoms with Crippen LogP contribution in [0.2, 0.25) is 5.02 Å². The normalized spacial score (nSPS) is 11.2. The van der Waals surface area contributed by atoms with Gasteiger partial charge in [0.25, 0.3) is 11.6 Å². The second kappa shape index (κ2) is 10.1. The first-order valence-corrected chi connectivity index (χ1v) is 10.2. The van der Waals surface area contributed by atoms with E-state index in [-0.39, 0.29) is 23.2 Å². The Morgan fingerprint density at radius 2 is 2.03 bits per heavy atom. The highest BCUT2D eigenvalue weighted by atomic mass is 35.5. The number of hydrogen-bond acceptors (Lipinski definition) is 6. The summed E-state index contributed by atoms with van der Waals surface area (Å²) in [5, 5.41) is 14.9. The van der Waals surface area contributed by atoms with E-state index in [2.05, 4.69) is 24.4 Å². The summed E-state index contributed by atoms with van der Waals surface area (Å²) in [6.07, 6.45) is 1.34. The summed E-state index contributed by atoms with van der Waals surface area (Å²) < 4.78 is 11.3. The monoisotopic (exact) mass is 455 g/mol. The predicted molar refractivity (Wildman–Crippen MR) is 122 cm³/mol. The topological polar surface area (TPSA) is 107 Å². The number of nitro benzene ring substituents is 1. The van der Waals surface area contributed by atoms with Crippen molar-refractivity contribution in [2.24, 2.45) is 5.10 Å². The fourth-order valence-electron chi connectivity index (χ4n) is 2.97. The number of halogens is 1. The van der Waals surface area contributed by atoms with Crippen molar-refractivity contribution in [1.29, 1.82) is 0 Å². The maximum atomic E-state index is 12.1. The summed E-state index contributed by atoms with van der Waals surface area (Å²) in [5.41, 5.74) is 4.86. The molecule has 0 saturated heterocycles. The molecule has 1 amide bonds. The van der Waals surface area contributed by atoms with Gasteiger partial charge in [0.1, 0.15) is 17.3 Å². The number of rotatable bonds is 8. The number of benzene rings is 2. The van der Waals surface area contributed by atoms with Gasteiger partial charge in [0.15, 0.2) is 6.61 Å². The number of amides is 1. The number of hydrogen-bond donors (Lipinski definition) is 1. The number of carbonyl (C=O) groups is 1. The molecule has 0 bridgehead atoms. The third kappa shape index (κ3) is 5.73. The van der Waals surface area contributed by atoms with E-state index < -0.39 is 10.8 Å². The van der Waals surface area contributed by atoms with Crippen molar-refractivity contribution in [3.05, 3.63) is 80.6 Å². The zero-order chi connectivity index (χ0) is 23.3. The van der Waals surface area contributed by atoms with Gasteiger partial charge in [0.2, 0.25) is 0 Å². The van der Waals surface area contributed by atoms with Gasteiger partial charge in [-0.15, -0.1) is 0 Å². The van der Waals surface area contributed by atoms with E-state index in [1.165, 1.54) is 24.4 Å². The van der Waals surface area contributed by atoms with Crippen LogP contribution in [-0.2, 0) is 4.79 Å². The lowest BCUT2D eigenvalue weighted by Crippen LogP contribution is -2.24. The van der Waals surface area contributed by atoms with Crippen LogP contribution in [0.25, 0.3) is 11.3 Å². The summed E-state index contributed by atoms with van der Waals surface area (Å²) in [7, 11) is 0. The molecular weight excluding hydrogens is 434 g/mol. The minimum absolute atomic E-state index is 0.108. The van der Waals surface area contributed by atoms with Crippen molar-refractivity contribution in [1.82, 2.24) is 5.43 Å². The van der Waals surface area contributed by atoms with Crippen molar-refractivity contribution in [2.75, 3.05) is 6.61 Å². The van der Waals surface area contributed by atoms with E-state index in [4.69, 9.17) is 20.8 Å². The molecule has 0 unspecified atom stereocenters.